The highest BCUT2D eigenvalue weighted by Crippen LogP contribution is 2.43. The minimum Gasteiger partial charge on any atom is -0.386 e. The normalized spacial score (nSPS) is 31.0. The summed E-state index contributed by atoms with van der Waals surface area (Å²) in [5.41, 5.74) is 3.41. The number of hydrogen-bond acceptors (Lipinski definition) is 7. The molecule has 5 atom stereocenters. The highest BCUT2D eigenvalue weighted by Gasteiger charge is 2.59. The van der Waals surface area contributed by atoms with Crippen LogP contribution in [-0.4, -0.2) is 53.7 Å². The summed E-state index contributed by atoms with van der Waals surface area (Å²) in [6.45, 7) is 3.39. The van der Waals surface area contributed by atoms with E-state index in [-0.39, 0.29) is 21.8 Å². The highest BCUT2D eigenvalue weighted by atomic mass is 32.1. The van der Waals surface area contributed by atoms with E-state index in [2.05, 4.69) is 21.5 Å². The number of hydrogen-bond donors (Lipinski definition) is 4. The third kappa shape index (κ3) is 2.22. The Morgan fingerprint density at radius 2 is 2.42 bits per heavy atom. The number of alkyl halides is 1. The van der Waals surface area contributed by atoms with Gasteiger partial charge in [0.1, 0.15) is 28.5 Å². The minimum atomic E-state index is -2.63. The zero-order chi connectivity index (χ0) is 17.6. The Kier molecular flexibility index (Phi) is 3.89. The molecule has 0 spiro atoms. The number of nitrogens with two attached hydrogens (primary N) is 1. The SMILES string of the molecule is C#CC1(F)C(O)[C@@H]([C@H](O)C=C)O[C@H]1n1cnc2c(=S)[nH]c(N)nc21. The lowest BCUT2D eigenvalue weighted by molar-refractivity contribution is -0.0695. The standard InChI is InChI=1S/C14H14FN5O3S/c1-3-6(21)8-9(22)14(15,4-2)12(23-8)20-5-17-7-10(20)18-13(16)19-11(7)24/h2-3,5-6,8-9,12,21-22H,1H2,(H3,16,18,19,24)/t6-,8-,9?,12-,14?/m1/s1. The Morgan fingerprint density at radius 1 is 1.71 bits per heavy atom. The molecule has 0 aromatic carbocycles. The minimum absolute atomic E-state index is 0.000590. The van der Waals surface area contributed by atoms with Crippen molar-refractivity contribution in [3.05, 3.63) is 23.6 Å². The molecule has 1 aliphatic rings. The summed E-state index contributed by atoms with van der Waals surface area (Å²) in [6.07, 6.45) is 1.75. The number of aromatic nitrogens is 4. The van der Waals surface area contributed by atoms with Gasteiger partial charge in [0.2, 0.25) is 11.6 Å². The molecule has 1 saturated heterocycles. The number of fused-ring (bicyclic) bond motifs is 1. The summed E-state index contributed by atoms with van der Waals surface area (Å²) in [4.78, 5) is 10.7. The maximum Gasteiger partial charge on any atom is 0.243 e. The molecule has 126 valence electrons. The number of rotatable bonds is 3. The Morgan fingerprint density at radius 3 is 3.04 bits per heavy atom. The lowest BCUT2D eigenvalue weighted by Gasteiger charge is -2.23. The smallest absolute Gasteiger partial charge is 0.243 e. The molecule has 1 fully saturated rings. The fourth-order valence-corrected chi connectivity index (χ4v) is 2.90. The van der Waals surface area contributed by atoms with Gasteiger partial charge in [-0.25, -0.2) is 9.37 Å². The van der Waals surface area contributed by atoms with E-state index in [1.165, 1.54) is 10.9 Å². The second kappa shape index (κ2) is 5.64. The van der Waals surface area contributed by atoms with Crippen molar-refractivity contribution in [1.82, 2.24) is 19.5 Å². The fraction of sp³-hybridized carbons (Fsp3) is 0.357. The number of aliphatic hydroxyl groups is 2. The van der Waals surface area contributed by atoms with Crippen molar-refractivity contribution in [1.29, 1.82) is 0 Å². The van der Waals surface area contributed by atoms with Gasteiger partial charge < -0.3 is 25.7 Å². The van der Waals surface area contributed by atoms with Crippen molar-refractivity contribution >= 4 is 29.3 Å². The van der Waals surface area contributed by atoms with Gasteiger partial charge in [0.25, 0.3) is 0 Å². The summed E-state index contributed by atoms with van der Waals surface area (Å²) in [6, 6.07) is 0. The molecule has 3 heterocycles. The second-order valence-electron chi connectivity index (χ2n) is 5.31. The Balaban J connectivity index is 2.16. The number of nitrogens with one attached hydrogen (secondary N) is 1. The molecule has 24 heavy (non-hydrogen) atoms. The van der Waals surface area contributed by atoms with E-state index in [1.54, 1.807) is 0 Å². The fourth-order valence-electron chi connectivity index (χ4n) is 2.65. The lowest BCUT2D eigenvalue weighted by atomic mass is 9.94. The lowest BCUT2D eigenvalue weighted by Crippen LogP contribution is -2.44. The van der Waals surface area contributed by atoms with Gasteiger partial charge in [-0.3, -0.25) is 4.57 Å². The summed E-state index contributed by atoms with van der Waals surface area (Å²) < 4.78 is 22.1. The molecule has 5 N–H and O–H groups in total. The van der Waals surface area contributed by atoms with Gasteiger partial charge in [-0.05, 0) is 0 Å². The van der Waals surface area contributed by atoms with E-state index in [0.717, 1.165) is 6.08 Å². The van der Waals surface area contributed by atoms with Crippen LogP contribution in [0.25, 0.3) is 11.2 Å². The van der Waals surface area contributed by atoms with Crippen LogP contribution in [0.5, 0.6) is 0 Å². The molecule has 0 aliphatic carbocycles. The van der Waals surface area contributed by atoms with Crippen molar-refractivity contribution in [2.45, 2.75) is 30.2 Å². The summed E-state index contributed by atoms with van der Waals surface area (Å²) >= 11 is 5.09. The number of H-pyrrole nitrogens is 1. The average Bonchev–Trinajstić information content (AvgIpc) is 3.07. The Hall–Kier alpha value is -2.32. The molecule has 2 unspecified atom stereocenters. The molecule has 0 amide bonds. The third-order valence-electron chi connectivity index (χ3n) is 3.89. The highest BCUT2D eigenvalue weighted by molar-refractivity contribution is 7.71. The molecule has 3 rings (SSSR count). The largest absolute Gasteiger partial charge is 0.386 e. The van der Waals surface area contributed by atoms with Crippen molar-refractivity contribution < 1.29 is 19.3 Å². The first kappa shape index (κ1) is 16.5. The van der Waals surface area contributed by atoms with Gasteiger partial charge in [-0.15, -0.1) is 13.0 Å². The van der Waals surface area contributed by atoms with Crippen LogP contribution in [0.1, 0.15) is 6.23 Å². The van der Waals surface area contributed by atoms with Crippen molar-refractivity contribution in [2.75, 3.05) is 5.73 Å². The van der Waals surface area contributed by atoms with Crippen LogP contribution in [0.4, 0.5) is 10.3 Å². The number of anilines is 1. The van der Waals surface area contributed by atoms with E-state index >= 15 is 4.39 Å². The zero-order valence-electron chi connectivity index (χ0n) is 12.3. The van der Waals surface area contributed by atoms with Crippen LogP contribution in [0.15, 0.2) is 19.0 Å². The van der Waals surface area contributed by atoms with Crippen molar-refractivity contribution in [3.8, 4) is 12.3 Å². The Labute approximate surface area is 140 Å². The van der Waals surface area contributed by atoms with E-state index in [0.29, 0.717) is 0 Å². The quantitative estimate of drug-likeness (QED) is 0.354. The number of aromatic amines is 1. The number of terminal acetylenes is 1. The van der Waals surface area contributed by atoms with Gasteiger partial charge in [-0.2, -0.15) is 4.98 Å². The molecule has 8 nitrogen and oxygen atoms in total. The molecule has 1 aliphatic heterocycles. The van der Waals surface area contributed by atoms with Gasteiger partial charge in [0.15, 0.2) is 11.9 Å². The van der Waals surface area contributed by atoms with Crippen LogP contribution < -0.4 is 5.73 Å². The molecule has 2 aromatic heterocycles. The van der Waals surface area contributed by atoms with Crippen LogP contribution in [-0.2, 0) is 4.74 Å². The van der Waals surface area contributed by atoms with Crippen LogP contribution in [0.2, 0.25) is 0 Å². The van der Waals surface area contributed by atoms with E-state index < -0.39 is 30.2 Å². The first-order chi connectivity index (χ1) is 11.3. The molecular weight excluding hydrogens is 337 g/mol. The second-order valence-corrected chi connectivity index (χ2v) is 5.72. The number of nitrogen functional groups attached to an aromatic ring is 1. The topological polar surface area (TPSA) is 122 Å². The first-order valence-corrected chi connectivity index (χ1v) is 7.27. The summed E-state index contributed by atoms with van der Waals surface area (Å²) in [5, 5.41) is 20.1. The van der Waals surface area contributed by atoms with Crippen LogP contribution >= 0.6 is 12.2 Å². The van der Waals surface area contributed by atoms with E-state index in [4.69, 9.17) is 29.1 Å². The number of ether oxygens (including phenoxy) is 1. The maximum absolute atomic E-state index is 15.2. The maximum atomic E-state index is 15.2. The number of imidazole rings is 1. The monoisotopic (exact) mass is 351 g/mol. The van der Waals surface area contributed by atoms with Gasteiger partial charge in [0.05, 0.1) is 6.33 Å². The van der Waals surface area contributed by atoms with Crippen molar-refractivity contribution in [2.24, 2.45) is 0 Å². The molecular formula is C14H14FN5O3S. The molecule has 0 radical (unpaired) electrons. The van der Waals surface area contributed by atoms with Crippen LogP contribution in [0.3, 0.4) is 0 Å². The van der Waals surface area contributed by atoms with E-state index in [9.17, 15) is 10.2 Å². The number of nitrogens with zero attached hydrogens (tertiary/aromatic N) is 3. The first-order valence-electron chi connectivity index (χ1n) is 6.86. The van der Waals surface area contributed by atoms with Gasteiger partial charge in [-0.1, -0.05) is 24.2 Å². The number of halogens is 1. The van der Waals surface area contributed by atoms with E-state index in [1.807, 2.05) is 5.92 Å². The predicted octanol–water partition coefficient (Wildman–Crippen LogP) is 0.218. The number of aliphatic hydroxyl groups excluding tert-OH is 2. The third-order valence-corrected chi connectivity index (χ3v) is 4.19. The molecule has 0 saturated carbocycles. The summed E-state index contributed by atoms with van der Waals surface area (Å²) in [7, 11) is 0. The summed E-state index contributed by atoms with van der Waals surface area (Å²) in [5.74, 6) is 1.90. The average molecular weight is 351 g/mol. The zero-order valence-corrected chi connectivity index (χ0v) is 13.1. The van der Waals surface area contributed by atoms with Crippen LogP contribution in [0, 0.1) is 17.0 Å². The van der Waals surface area contributed by atoms with Crippen molar-refractivity contribution in [3.63, 3.8) is 0 Å². The van der Waals surface area contributed by atoms with Gasteiger partial charge in [0, 0.05) is 0 Å². The predicted molar refractivity (Wildman–Crippen MR) is 85.9 cm³/mol. The molecule has 2 aromatic rings. The van der Waals surface area contributed by atoms with Gasteiger partial charge >= 0.3 is 0 Å². The molecule has 10 heteroatoms. The Bertz CT molecular complexity index is 906. The molecule has 0 bridgehead atoms.